The molecule has 4 N–H and O–H groups in total. The van der Waals surface area contributed by atoms with E-state index in [-0.39, 0.29) is 12.3 Å². The zero-order valence-corrected chi connectivity index (χ0v) is 9.46. The summed E-state index contributed by atoms with van der Waals surface area (Å²) >= 11 is 0. The number of halogens is 1. The van der Waals surface area contributed by atoms with E-state index in [1.165, 1.54) is 19.1 Å². The number of aliphatic hydroxyl groups is 1. The average Bonchev–Trinajstić information content (AvgIpc) is 2.16. The summed E-state index contributed by atoms with van der Waals surface area (Å²) < 4.78 is 38.8. The zero-order valence-electron chi connectivity index (χ0n) is 8.64. The molecule has 1 atom stereocenters. The van der Waals surface area contributed by atoms with Crippen molar-refractivity contribution in [2.24, 2.45) is 0 Å². The molecule has 0 heterocycles. The van der Waals surface area contributed by atoms with Crippen molar-refractivity contribution < 1.29 is 17.9 Å². The predicted octanol–water partition coefficient (Wildman–Crippen LogP) is 0.0670. The second-order valence-electron chi connectivity index (χ2n) is 3.36. The normalized spacial score (nSPS) is 13.7. The minimum Gasteiger partial charge on any atom is -0.398 e. The first-order valence-electron chi connectivity index (χ1n) is 4.55. The Morgan fingerprint density at radius 1 is 1.56 bits per heavy atom. The molecule has 0 aliphatic heterocycles. The van der Waals surface area contributed by atoms with Gasteiger partial charge in [0.1, 0.15) is 10.7 Å². The van der Waals surface area contributed by atoms with Crippen LogP contribution in [0.3, 0.4) is 0 Å². The highest BCUT2D eigenvalue weighted by Gasteiger charge is 2.23. The molecule has 5 nitrogen and oxygen atoms in total. The second-order valence-corrected chi connectivity index (χ2v) is 5.01. The lowest BCUT2D eigenvalue weighted by atomic mass is 10.3. The van der Waals surface area contributed by atoms with Gasteiger partial charge in [0.05, 0.1) is 12.3 Å². The Balaban J connectivity index is 3.17. The van der Waals surface area contributed by atoms with Crippen LogP contribution < -0.4 is 10.5 Å². The third-order valence-electron chi connectivity index (χ3n) is 1.90. The van der Waals surface area contributed by atoms with Gasteiger partial charge in [-0.05, 0) is 19.1 Å². The number of sulfonamides is 1. The number of hydrogen-bond acceptors (Lipinski definition) is 4. The molecule has 0 aromatic heterocycles. The van der Waals surface area contributed by atoms with Gasteiger partial charge in [-0.2, -0.15) is 0 Å². The van der Waals surface area contributed by atoms with Crippen molar-refractivity contribution in [3.8, 4) is 0 Å². The van der Waals surface area contributed by atoms with Crippen molar-refractivity contribution in [2.75, 3.05) is 12.3 Å². The molecule has 7 heteroatoms. The van der Waals surface area contributed by atoms with Crippen LogP contribution in [0.4, 0.5) is 10.1 Å². The van der Waals surface area contributed by atoms with Gasteiger partial charge in [-0.1, -0.05) is 6.07 Å². The molecule has 0 radical (unpaired) electrons. The Kier molecular flexibility index (Phi) is 3.84. The molecule has 0 saturated heterocycles. The predicted molar refractivity (Wildman–Crippen MR) is 57.7 cm³/mol. The van der Waals surface area contributed by atoms with Crippen LogP contribution in [0.2, 0.25) is 0 Å². The quantitative estimate of drug-likeness (QED) is 0.657. The summed E-state index contributed by atoms with van der Waals surface area (Å²) in [7, 11) is -4.04. The van der Waals surface area contributed by atoms with Crippen molar-refractivity contribution in [3.05, 3.63) is 24.0 Å². The van der Waals surface area contributed by atoms with Crippen LogP contribution in [0.5, 0.6) is 0 Å². The second kappa shape index (κ2) is 4.77. The van der Waals surface area contributed by atoms with Crippen LogP contribution in [0.1, 0.15) is 6.92 Å². The number of hydrogen-bond donors (Lipinski definition) is 3. The molecule has 1 aromatic carbocycles. The average molecular weight is 248 g/mol. The maximum atomic E-state index is 13.3. The topological polar surface area (TPSA) is 92.4 Å². The molecule has 0 amide bonds. The number of aliphatic hydroxyl groups excluding tert-OH is 1. The molecule has 0 bridgehead atoms. The summed E-state index contributed by atoms with van der Waals surface area (Å²) in [6.45, 7) is 1.07. The highest BCUT2D eigenvalue weighted by molar-refractivity contribution is 7.89. The van der Waals surface area contributed by atoms with E-state index >= 15 is 0 Å². The number of anilines is 1. The third kappa shape index (κ3) is 2.69. The van der Waals surface area contributed by atoms with Crippen molar-refractivity contribution >= 4 is 15.7 Å². The van der Waals surface area contributed by atoms with E-state index in [1.54, 1.807) is 0 Å². The molecule has 0 fully saturated rings. The molecule has 16 heavy (non-hydrogen) atoms. The van der Waals surface area contributed by atoms with Gasteiger partial charge in [0.2, 0.25) is 10.0 Å². The lowest BCUT2D eigenvalue weighted by molar-refractivity contribution is 0.265. The number of nitrogens with one attached hydrogen (secondary N) is 1. The molecule has 1 aromatic rings. The largest absolute Gasteiger partial charge is 0.398 e. The van der Waals surface area contributed by atoms with E-state index in [9.17, 15) is 12.8 Å². The maximum Gasteiger partial charge on any atom is 0.245 e. The van der Waals surface area contributed by atoms with Gasteiger partial charge in [-0.25, -0.2) is 17.5 Å². The smallest absolute Gasteiger partial charge is 0.245 e. The Morgan fingerprint density at radius 3 is 2.69 bits per heavy atom. The zero-order chi connectivity index (χ0) is 12.3. The van der Waals surface area contributed by atoms with Crippen molar-refractivity contribution in [1.82, 2.24) is 4.72 Å². The van der Waals surface area contributed by atoms with E-state index < -0.39 is 26.8 Å². The fourth-order valence-electron chi connectivity index (χ4n) is 1.17. The summed E-state index contributed by atoms with van der Waals surface area (Å²) in [6.07, 6.45) is 0. The van der Waals surface area contributed by atoms with Crippen LogP contribution in [0, 0.1) is 5.82 Å². The van der Waals surface area contributed by atoms with E-state index in [0.717, 1.165) is 6.07 Å². The van der Waals surface area contributed by atoms with Crippen LogP contribution in [-0.4, -0.2) is 26.2 Å². The highest BCUT2D eigenvalue weighted by atomic mass is 32.2. The van der Waals surface area contributed by atoms with E-state index in [1.807, 2.05) is 0 Å². The van der Waals surface area contributed by atoms with Gasteiger partial charge in [0.15, 0.2) is 0 Å². The van der Waals surface area contributed by atoms with Crippen LogP contribution >= 0.6 is 0 Å². The number of rotatable bonds is 4. The monoisotopic (exact) mass is 248 g/mol. The summed E-state index contributed by atoms with van der Waals surface area (Å²) in [5.41, 5.74) is 5.23. The maximum absolute atomic E-state index is 13.3. The highest BCUT2D eigenvalue weighted by Crippen LogP contribution is 2.21. The molecule has 0 saturated carbocycles. The van der Waals surface area contributed by atoms with Gasteiger partial charge in [0, 0.05) is 6.04 Å². The fraction of sp³-hybridized carbons (Fsp3) is 0.333. The molecule has 0 aliphatic carbocycles. The van der Waals surface area contributed by atoms with Crippen molar-refractivity contribution in [3.63, 3.8) is 0 Å². The van der Waals surface area contributed by atoms with Crippen LogP contribution in [-0.2, 0) is 10.0 Å². The Bertz CT molecular complexity index is 455. The van der Waals surface area contributed by atoms with Crippen molar-refractivity contribution in [2.45, 2.75) is 17.9 Å². The molecule has 0 aliphatic rings. The van der Waals surface area contributed by atoms with Gasteiger partial charge >= 0.3 is 0 Å². The first kappa shape index (κ1) is 12.9. The van der Waals surface area contributed by atoms with Gasteiger partial charge in [-0.15, -0.1) is 0 Å². The summed E-state index contributed by atoms with van der Waals surface area (Å²) in [5, 5.41) is 8.73. The third-order valence-corrected chi connectivity index (χ3v) is 3.58. The lowest BCUT2D eigenvalue weighted by Crippen LogP contribution is -2.35. The van der Waals surface area contributed by atoms with E-state index in [2.05, 4.69) is 4.72 Å². The fourth-order valence-corrected chi connectivity index (χ4v) is 2.60. The molecular formula is C9H13FN2O3S. The summed E-state index contributed by atoms with van der Waals surface area (Å²) in [4.78, 5) is -0.588. The van der Waals surface area contributed by atoms with E-state index in [0.29, 0.717) is 0 Å². The Morgan fingerprint density at radius 2 is 2.19 bits per heavy atom. The molecule has 0 spiro atoms. The minimum absolute atomic E-state index is 0.169. The van der Waals surface area contributed by atoms with Gasteiger partial charge in [0.25, 0.3) is 0 Å². The standard InChI is InChI=1S/C9H13FN2O3S/c1-6(5-13)12-16(14,15)9-7(10)3-2-4-8(9)11/h2-4,6,12-13H,5,11H2,1H3/t6-/m1/s1. The van der Waals surface area contributed by atoms with Crippen molar-refractivity contribution in [1.29, 1.82) is 0 Å². The number of nitrogen functional groups attached to an aromatic ring is 1. The minimum atomic E-state index is -4.04. The first-order chi connectivity index (χ1) is 7.38. The molecular weight excluding hydrogens is 235 g/mol. The van der Waals surface area contributed by atoms with Gasteiger partial charge in [-0.3, -0.25) is 0 Å². The SMILES string of the molecule is C[C@H](CO)NS(=O)(=O)c1c(N)cccc1F. The first-order valence-corrected chi connectivity index (χ1v) is 6.04. The molecule has 90 valence electrons. The summed E-state index contributed by atoms with van der Waals surface area (Å²) in [5.74, 6) is -0.919. The van der Waals surface area contributed by atoms with Gasteiger partial charge < -0.3 is 10.8 Å². The van der Waals surface area contributed by atoms with Crippen LogP contribution in [0.25, 0.3) is 0 Å². The lowest BCUT2D eigenvalue weighted by Gasteiger charge is -2.13. The van der Waals surface area contributed by atoms with E-state index in [4.69, 9.17) is 10.8 Å². The number of nitrogens with two attached hydrogens (primary N) is 1. The number of benzene rings is 1. The van der Waals surface area contributed by atoms with Crippen LogP contribution in [0.15, 0.2) is 23.1 Å². The Hall–Kier alpha value is -1.18. The summed E-state index contributed by atoms with van der Waals surface area (Å²) in [6, 6.07) is 2.92. The molecule has 0 unspecified atom stereocenters. The molecule has 1 rings (SSSR count). The Labute approximate surface area is 93.1 Å².